The standard InChI is InChI=1S/C14H20N6O3/c1-3-15-11-9-17-10(8-18-11)13-19-12(23-20-13)6-5-7-16-14(21)22-4-2/h8-9H,3-7H2,1-2H3,(H,15,18)(H,16,21). The summed E-state index contributed by atoms with van der Waals surface area (Å²) in [6.45, 7) is 5.35. The normalized spacial score (nSPS) is 10.3. The van der Waals surface area contributed by atoms with Gasteiger partial charge in [0.2, 0.25) is 11.7 Å². The topological polar surface area (TPSA) is 115 Å². The number of ether oxygens (including phenoxy) is 1. The van der Waals surface area contributed by atoms with Gasteiger partial charge in [0, 0.05) is 19.5 Å². The van der Waals surface area contributed by atoms with Gasteiger partial charge in [0.05, 0.1) is 19.0 Å². The fourth-order valence-electron chi connectivity index (χ4n) is 1.79. The number of nitrogens with one attached hydrogen (secondary N) is 2. The lowest BCUT2D eigenvalue weighted by molar-refractivity contribution is 0.152. The lowest BCUT2D eigenvalue weighted by Crippen LogP contribution is -2.25. The van der Waals surface area contributed by atoms with Crippen LogP contribution in [0, 0.1) is 0 Å². The Hall–Kier alpha value is -2.71. The number of anilines is 1. The molecule has 23 heavy (non-hydrogen) atoms. The summed E-state index contributed by atoms with van der Waals surface area (Å²) in [6, 6.07) is 0. The summed E-state index contributed by atoms with van der Waals surface area (Å²) in [7, 11) is 0. The van der Waals surface area contributed by atoms with Gasteiger partial charge in [-0.05, 0) is 20.3 Å². The quantitative estimate of drug-likeness (QED) is 0.705. The van der Waals surface area contributed by atoms with E-state index in [1.165, 1.54) is 0 Å². The molecule has 0 unspecified atom stereocenters. The van der Waals surface area contributed by atoms with E-state index in [1.807, 2.05) is 6.92 Å². The molecule has 2 aromatic rings. The van der Waals surface area contributed by atoms with E-state index in [2.05, 4.69) is 30.7 Å². The fraction of sp³-hybridized carbons (Fsp3) is 0.500. The summed E-state index contributed by atoms with van der Waals surface area (Å²) in [6.07, 6.45) is 4.02. The van der Waals surface area contributed by atoms with Gasteiger partial charge in [-0.15, -0.1) is 0 Å². The van der Waals surface area contributed by atoms with Gasteiger partial charge >= 0.3 is 6.09 Å². The second-order valence-electron chi connectivity index (χ2n) is 4.58. The highest BCUT2D eigenvalue weighted by Gasteiger charge is 2.10. The Morgan fingerprint density at radius 1 is 1.30 bits per heavy atom. The van der Waals surface area contributed by atoms with Crippen LogP contribution in [0.1, 0.15) is 26.2 Å². The molecule has 2 aromatic heterocycles. The molecule has 9 heteroatoms. The minimum absolute atomic E-state index is 0.354. The predicted octanol–water partition coefficient (Wildman–Crippen LogP) is 1.64. The monoisotopic (exact) mass is 320 g/mol. The number of rotatable bonds is 8. The van der Waals surface area contributed by atoms with Crippen LogP contribution in [-0.4, -0.2) is 45.9 Å². The van der Waals surface area contributed by atoms with Gasteiger partial charge in [0.1, 0.15) is 11.5 Å². The first-order valence-corrected chi connectivity index (χ1v) is 7.52. The van der Waals surface area contributed by atoms with Crippen molar-refractivity contribution in [1.82, 2.24) is 25.4 Å². The van der Waals surface area contributed by atoms with E-state index in [0.29, 0.717) is 49.2 Å². The van der Waals surface area contributed by atoms with Gasteiger partial charge in [0.15, 0.2) is 0 Å². The van der Waals surface area contributed by atoms with E-state index in [-0.39, 0.29) is 0 Å². The zero-order valence-electron chi connectivity index (χ0n) is 13.2. The van der Waals surface area contributed by atoms with Gasteiger partial charge < -0.3 is 19.9 Å². The first-order valence-electron chi connectivity index (χ1n) is 7.52. The maximum atomic E-state index is 11.1. The Morgan fingerprint density at radius 2 is 2.17 bits per heavy atom. The highest BCUT2D eigenvalue weighted by atomic mass is 16.5. The molecule has 2 N–H and O–H groups in total. The number of alkyl carbamates (subject to hydrolysis) is 1. The molecular weight excluding hydrogens is 300 g/mol. The molecule has 2 rings (SSSR count). The third-order valence-corrected chi connectivity index (χ3v) is 2.82. The molecule has 0 aromatic carbocycles. The number of amides is 1. The molecule has 9 nitrogen and oxygen atoms in total. The molecule has 0 aliphatic carbocycles. The molecule has 0 spiro atoms. The summed E-state index contributed by atoms with van der Waals surface area (Å²) in [5, 5.41) is 9.58. The van der Waals surface area contributed by atoms with Crippen molar-refractivity contribution < 1.29 is 14.1 Å². The third kappa shape index (κ3) is 5.20. The molecule has 0 saturated heterocycles. The average Bonchev–Trinajstić information content (AvgIpc) is 3.02. The largest absolute Gasteiger partial charge is 0.450 e. The van der Waals surface area contributed by atoms with Crippen LogP contribution in [0.15, 0.2) is 16.9 Å². The van der Waals surface area contributed by atoms with Crippen molar-refractivity contribution in [2.45, 2.75) is 26.7 Å². The average molecular weight is 320 g/mol. The van der Waals surface area contributed by atoms with Crippen LogP contribution >= 0.6 is 0 Å². The molecule has 0 fully saturated rings. The lowest BCUT2D eigenvalue weighted by atomic mass is 10.3. The van der Waals surface area contributed by atoms with Crippen molar-refractivity contribution in [2.24, 2.45) is 0 Å². The number of carbonyl (C=O) groups excluding carboxylic acids is 1. The summed E-state index contributed by atoms with van der Waals surface area (Å²) in [5.74, 6) is 1.59. The van der Waals surface area contributed by atoms with Crippen LogP contribution in [0.3, 0.4) is 0 Å². The molecule has 0 bridgehead atoms. The van der Waals surface area contributed by atoms with E-state index >= 15 is 0 Å². The van der Waals surface area contributed by atoms with Crippen molar-refractivity contribution in [3.05, 3.63) is 18.3 Å². The van der Waals surface area contributed by atoms with Crippen molar-refractivity contribution in [1.29, 1.82) is 0 Å². The molecule has 0 atom stereocenters. The van der Waals surface area contributed by atoms with Crippen LogP contribution in [0.5, 0.6) is 0 Å². The summed E-state index contributed by atoms with van der Waals surface area (Å²) in [4.78, 5) is 23.8. The van der Waals surface area contributed by atoms with E-state index in [0.717, 1.165) is 6.54 Å². The fourth-order valence-corrected chi connectivity index (χ4v) is 1.79. The smallest absolute Gasteiger partial charge is 0.407 e. The Morgan fingerprint density at radius 3 is 2.87 bits per heavy atom. The number of hydrogen-bond acceptors (Lipinski definition) is 8. The van der Waals surface area contributed by atoms with E-state index < -0.39 is 6.09 Å². The molecule has 0 radical (unpaired) electrons. The Kier molecular flexibility index (Phi) is 6.28. The van der Waals surface area contributed by atoms with E-state index in [1.54, 1.807) is 19.3 Å². The minimum Gasteiger partial charge on any atom is -0.450 e. The molecule has 0 aliphatic heterocycles. The first kappa shape index (κ1) is 16.7. The second kappa shape index (κ2) is 8.66. The van der Waals surface area contributed by atoms with Crippen LogP contribution in [0.25, 0.3) is 11.5 Å². The second-order valence-corrected chi connectivity index (χ2v) is 4.58. The summed E-state index contributed by atoms with van der Waals surface area (Å²) < 4.78 is 9.92. The van der Waals surface area contributed by atoms with Gasteiger partial charge in [-0.1, -0.05) is 5.16 Å². The zero-order chi connectivity index (χ0) is 16.5. The highest BCUT2D eigenvalue weighted by molar-refractivity contribution is 5.66. The van der Waals surface area contributed by atoms with Gasteiger partial charge in [0.25, 0.3) is 0 Å². The SMILES string of the molecule is CCNc1cnc(-c2noc(CCCNC(=O)OCC)n2)cn1. The number of aromatic nitrogens is 4. The Balaban J connectivity index is 1.82. The Labute approximate surface area is 133 Å². The van der Waals surface area contributed by atoms with Crippen LogP contribution in [0.2, 0.25) is 0 Å². The van der Waals surface area contributed by atoms with Crippen molar-refractivity contribution in [3.8, 4) is 11.5 Å². The van der Waals surface area contributed by atoms with Crippen molar-refractivity contribution >= 4 is 11.9 Å². The van der Waals surface area contributed by atoms with Crippen molar-refractivity contribution in [3.63, 3.8) is 0 Å². The van der Waals surface area contributed by atoms with E-state index in [9.17, 15) is 4.79 Å². The third-order valence-electron chi connectivity index (χ3n) is 2.82. The van der Waals surface area contributed by atoms with Crippen LogP contribution in [0.4, 0.5) is 10.6 Å². The van der Waals surface area contributed by atoms with Gasteiger partial charge in [-0.3, -0.25) is 0 Å². The van der Waals surface area contributed by atoms with Gasteiger partial charge in [-0.2, -0.15) is 4.98 Å². The summed E-state index contributed by atoms with van der Waals surface area (Å²) >= 11 is 0. The molecule has 2 heterocycles. The molecule has 124 valence electrons. The summed E-state index contributed by atoms with van der Waals surface area (Å²) in [5.41, 5.74) is 0.548. The number of aryl methyl sites for hydroxylation is 1. The molecule has 1 amide bonds. The maximum absolute atomic E-state index is 11.1. The molecule has 0 saturated carbocycles. The van der Waals surface area contributed by atoms with Crippen molar-refractivity contribution in [2.75, 3.05) is 25.0 Å². The minimum atomic E-state index is -0.422. The maximum Gasteiger partial charge on any atom is 0.407 e. The van der Waals surface area contributed by atoms with E-state index in [4.69, 9.17) is 9.26 Å². The predicted molar refractivity (Wildman–Crippen MR) is 82.8 cm³/mol. The lowest BCUT2D eigenvalue weighted by Gasteiger charge is -2.03. The van der Waals surface area contributed by atoms with Gasteiger partial charge in [-0.25, -0.2) is 14.8 Å². The Bertz CT molecular complexity index is 613. The number of nitrogens with zero attached hydrogens (tertiary/aromatic N) is 4. The molecular formula is C14H20N6O3. The van der Waals surface area contributed by atoms with Crippen LogP contribution in [-0.2, 0) is 11.2 Å². The number of hydrogen-bond donors (Lipinski definition) is 2. The first-order chi connectivity index (χ1) is 11.2. The highest BCUT2D eigenvalue weighted by Crippen LogP contribution is 2.13. The zero-order valence-corrected chi connectivity index (χ0v) is 13.2. The number of carbonyl (C=O) groups is 1. The molecule has 0 aliphatic rings. The van der Waals surface area contributed by atoms with Crippen LogP contribution < -0.4 is 10.6 Å².